The quantitative estimate of drug-likeness (QED) is 0.814. The fourth-order valence-electron chi connectivity index (χ4n) is 1.60. The minimum absolute atomic E-state index is 0.153. The number of nitrogens with two attached hydrogens (primary N) is 1. The van der Waals surface area contributed by atoms with Gasteiger partial charge in [-0.15, -0.1) is 0 Å². The first-order valence-corrected chi connectivity index (χ1v) is 5.54. The SMILES string of the molecule is Nc1cccc(C(=O)NCc2ccccc2F)c1. The Morgan fingerprint density at radius 2 is 1.94 bits per heavy atom. The van der Waals surface area contributed by atoms with Crippen LogP contribution < -0.4 is 11.1 Å². The van der Waals surface area contributed by atoms with Crippen LogP contribution in [-0.2, 0) is 6.54 Å². The summed E-state index contributed by atoms with van der Waals surface area (Å²) < 4.78 is 13.3. The van der Waals surface area contributed by atoms with Crippen molar-refractivity contribution >= 4 is 11.6 Å². The van der Waals surface area contributed by atoms with Crippen molar-refractivity contribution in [2.75, 3.05) is 5.73 Å². The van der Waals surface area contributed by atoms with E-state index in [-0.39, 0.29) is 18.3 Å². The van der Waals surface area contributed by atoms with E-state index in [4.69, 9.17) is 5.73 Å². The van der Waals surface area contributed by atoms with Gasteiger partial charge < -0.3 is 11.1 Å². The summed E-state index contributed by atoms with van der Waals surface area (Å²) in [7, 11) is 0. The van der Waals surface area contributed by atoms with Crippen molar-refractivity contribution in [3.8, 4) is 0 Å². The number of anilines is 1. The number of rotatable bonds is 3. The minimum atomic E-state index is -0.328. The van der Waals surface area contributed by atoms with Crippen LogP contribution in [0, 0.1) is 5.82 Å². The highest BCUT2D eigenvalue weighted by Gasteiger charge is 2.06. The molecule has 92 valence electrons. The molecule has 0 aromatic heterocycles. The first kappa shape index (κ1) is 12.1. The fraction of sp³-hybridized carbons (Fsp3) is 0.0714. The molecule has 0 fully saturated rings. The molecule has 3 N–H and O–H groups in total. The predicted octanol–water partition coefficient (Wildman–Crippen LogP) is 2.34. The number of halogens is 1. The molecule has 0 atom stereocenters. The van der Waals surface area contributed by atoms with Crippen LogP contribution in [0.2, 0.25) is 0 Å². The average molecular weight is 244 g/mol. The highest BCUT2D eigenvalue weighted by Crippen LogP contribution is 2.08. The normalized spacial score (nSPS) is 10.1. The number of carbonyl (C=O) groups excluding carboxylic acids is 1. The summed E-state index contributed by atoms with van der Waals surface area (Å²) in [4.78, 5) is 11.8. The standard InChI is InChI=1S/C14H13FN2O/c15-13-7-2-1-4-11(13)9-17-14(18)10-5-3-6-12(16)8-10/h1-8H,9,16H2,(H,17,18). The summed E-state index contributed by atoms with van der Waals surface area (Å²) >= 11 is 0. The van der Waals surface area contributed by atoms with Gasteiger partial charge in [0.05, 0.1) is 0 Å². The van der Waals surface area contributed by atoms with Crippen molar-refractivity contribution in [3.05, 3.63) is 65.5 Å². The lowest BCUT2D eigenvalue weighted by Crippen LogP contribution is -2.23. The van der Waals surface area contributed by atoms with Crippen molar-refractivity contribution in [1.29, 1.82) is 0 Å². The van der Waals surface area contributed by atoms with Crippen molar-refractivity contribution in [3.63, 3.8) is 0 Å². The molecule has 0 unspecified atom stereocenters. The highest BCUT2D eigenvalue weighted by atomic mass is 19.1. The van der Waals surface area contributed by atoms with Crippen molar-refractivity contribution in [2.24, 2.45) is 0 Å². The maximum atomic E-state index is 13.3. The minimum Gasteiger partial charge on any atom is -0.399 e. The van der Waals surface area contributed by atoms with Crippen molar-refractivity contribution in [2.45, 2.75) is 6.54 Å². The molecule has 0 saturated heterocycles. The van der Waals surface area contributed by atoms with Gasteiger partial charge in [-0.05, 0) is 24.3 Å². The first-order chi connectivity index (χ1) is 8.66. The molecular weight excluding hydrogens is 231 g/mol. The molecule has 0 aliphatic carbocycles. The van der Waals surface area contributed by atoms with E-state index in [9.17, 15) is 9.18 Å². The Balaban J connectivity index is 2.03. The van der Waals surface area contributed by atoms with Gasteiger partial charge in [-0.1, -0.05) is 24.3 Å². The molecule has 2 aromatic carbocycles. The number of nitrogen functional groups attached to an aromatic ring is 1. The second kappa shape index (κ2) is 5.31. The monoisotopic (exact) mass is 244 g/mol. The zero-order valence-electron chi connectivity index (χ0n) is 9.69. The summed E-state index contributed by atoms with van der Waals surface area (Å²) in [6, 6.07) is 13.0. The molecular formula is C14H13FN2O. The molecule has 0 heterocycles. The van der Waals surface area contributed by atoms with E-state index in [1.807, 2.05) is 0 Å². The van der Waals surface area contributed by atoms with Gasteiger partial charge >= 0.3 is 0 Å². The number of carbonyl (C=O) groups is 1. The number of nitrogens with one attached hydrogen (secondary N) is 1. The Bertz CT molecular complexity index is 569. The fourth-order valence-corrected chi connectivity index (χ4v) is 1.60. The van der Waals surface area contributed by atoms with Crippen LogP contribution >= 0.6 is 0 Å². The summed E-state index contributed by atoms with van der Waals surface area (Å²) in [5.74, 6) is -0.601. The molecule has 2 rings (SSSR count). The Kier molecular flexibility index (Phi) is 3.57. The van der Waals surface area contributed by atoms with Gasteiger partial charge in [-0.25, -0.2) is 4.39 Å². The second-order valence-corrected chi connectivity index (χ2v) is 3.90. The molecule has 0 saturated carbocycles. The van der Waals surface area contributed by atoms with Gasteiger partial charge in [-0.3, -0.25) is 4.79 Å². The third-order valence-electron chi connectivity index (χ3n) is 2.55. The van der Waals surface area contributed by atoms with Gasteiger partial charge in [0.2, 0.25) is 0 Å². The van der Waals surface area contributed by atoms with Gasteiger partial charge in [0.1, 0.15) is 5.82 Å². The Morgan fingerprint density at radius 1 is 1.17 bits per heavy atom. The van der Waals surface area contributed by atoms with Crippen LogP contribution in [0.3, 0.4) is 0 Å². The summed E-state index contributed by atoms with van der Waals surface area (Å²) in [6.45, 7) is 0.153. The zero-order chi connectivity index (χ0) is 13.0. The Labute approximate surface area is 104 Å². The highest BCUT2D eigenvalue weighted by molar-refractivity contribution is 5.94. The molecule has 0 bridgehead atoms. The lowest BCUT2D eigenvalue weighted by atomic mass is 10.1. The molecule has 0 aliphatic heterocycles. The van der Waals surface area contributed by atoms with Crippen LogP contribution in [0.5, 0.6) is 0 Å². The van der Waals surface area contributed by atoms with E-state index < -0.39 is 0 Å². The maximum Gasteiger partial charge on any atom is 0.251 e. The third-order valence-corrected chi connectivity index (χ3v) is 2.55. The van der Waals surface area contributed by atoms with Crippen molar-refractivity contribution in [1.82, 2.24) is 5.32 Å². The van der Waals surface area contributed by atoms with E-state index in [1.54, 1.807) is 42.5 Å². The number of hydrogen-bond acceptors (Lipinski definition) is 2. The number of benzene rings is 2. The van der Waals surface area contributed by atoms with E-state index in [1.165, 1.54) is 6.07 Å². The maximum absolute atomic E-state index is 13.3. The topological polar surface area (TPSA) is 55.1 Å². The van der Waals surface area contributed by atoms with Crippen LogP contribution in [0.1, 0.15) is 15.9 Å². The summed E-state index contributed by atoms with van der Waals surface area (Å²) in [6.07, 6.45) is 0. The lowest BCUT2D eigenvalue weighted by molar-refractivity contribution is 0.0950. The molecule has 0 aliphatic rings. The molecule has 0 spiro atoms. The van der Waals surface area contributed by atoms with Gasteiger partial charge in [0.25, 0.3) is 5.91 Å². The number of amides is 1. The molecule has 3 nitrogen and oxygen atoms in total. The molecule has 1 amide bonds. The lowest BCUT2D eigenvalue weighted by Gasteiger charge is -2.06. The largest absolute Gasteiger partial charge is 0.399 e. The van der Waals surface area contributed by atoms with Gasteiger partial charge in [-0.2, -0.15) is 0 Å². The van der Waals surface area contributed by atoms with Gasteiger partial charge in [0.15, 0.2) is 0 Å². The van der Waals surface area contributed by atoms with E-state index >= 15 is 0 Å². The van der Waals surface area contributed by atoms with E-state index in [0.29, 0.717) is 16.8 Å². The Morgan fingerprint density at radius 3 is 2.67 bits per heavy atom. The van der Waals surface area contributed by atoms with Gasteiger partial charge in [0, 0.05) is 23.4 Å². The van der Waals surface area contributed by atoms with E-state index in [0.717, 1.165) is 0 Å². The first-order valence-electron chi connectivity index (χ1n) is 5.54. The van der Waals surface area contributed by atoms with Crippen LogP contribution in [-0.4, -0.2) is 5.91 Å². The smallest absolute Gasteiger partial charge is 0.251 e. The van der Waals surface area contributed by atoms with Crippen LogP contribution in [0.4, 0.5) is 10.1 Å². The zero-order valence-corrected chi connectivity index (χ0v) is 9.69. The van der Waals surface area contributed by atoms with Crippen molar-refractivity contribution < 1.29 is 9.18 Å². The molecule has 4 heteroatoms. The Hall–Kier alpha value is -2.36. The molecule has 2 aromatic rings. The molecule has 18 heavy (non-hydrogen) atoms. The van der Waals surface area contributed by atoms with Crippen LogP contribution in [0.15, 0.2) is 48.5 Å². The van der Waals surface area contributed by atoms with Crippen LogP contribution in [0.25, 0.3) is 0 Å². The predicted molar refractivity (Wildman–Crippen MR) is 68.4 cm³/mol. The molecule has 0 radical (unpaired) electrons. The summed E-state index contributed by atoms with van der Waals surface area (Å²) in [5.41, 5.74) is 7.03. The second-order valence-electron chi connectivity index (χ2n) is 3.90. The third kappa shape index (κ3) is 2.85. The van der Waals surface area contributed by atoms with E-state index in [2.05, 4.69) is 5.32 Å². The average Bonchev–Trinajstić information content (AvgIpc) is 2.37. The number of hydrogen-bond donors (Lipinski definition) is 2. The summed E-state index contributed by atoms with van der Waals surface area (Å²) in [5, 5.41) is 2.65.